The molecule has 1 amide bonds. The Morgan fingerprint density at radius 2 is 2.16 bits per heavy atom. The summed E-state index contributed by atoms with van der Waals surface area (Å²) >= 11 is 11.7. The molecule has 1 aromatic carbocycles. The molecule has 0 aliphatic rings. The minimum atomic E-state index is -0.332. The fourth-order valence-corrected chi connectivity index (χ4v) is 1.81. The quantitative estimate of drug-likeness (QED) is 0.644. The third kappa shape index (κ3) is 5.94. The molecule has 0 bridgehead atoms. The number of carbonyl (C=O) groups excluding carboxylic acids is 1. The predicted octanol–water partition coefficient (Wildman–Crippen LogP) is 3.66. The van der Waals surface area contributed by atoms with Crippen molar-refractivity contribution < 1.29 is 9.53 Å². The molecule has 0 saturated carbocycles. The first-order chi connectivity index (χ1) is 9.02. The van der Waals surface area contributed by atoms with Crippen molar-refractivity contribution in [1.29, 1.82) is 0 Å². The van der Waals surface area contributed by atoms with Gasteiger partial charge in [0.05, 0.1) is 5.02 Å². The molecule has 4 nitrogen and oxygen atoms in total. The highest BCUT2D eigenvalue weighted by Crippen LogP contribution is 2.27. The number of nitrogens with one attached hydrogen (secondary N) is 1. The van der Waals surface area contributed by atoms with Gasteiger partial charge in [0, 0.05) is 10.7 Å². The van der Waals surface area contributed by atoms with Crippen LogP contribution in [0.3, 0.4) is 0 Å². The number of amides is 1. The first-order valence-corrected chi connectivity index (χ1v) is 6.68. The summed E-state index contributed by atoms with van der Waals surface area (Å²) in [6.07, 6.45) is 1.84. The van der Waals surface area contributed by atoms with Crippen molar-refractivity contribution in [2.45, 2.75) is 26.7 Å². The van der Waals surface area contributed by atoms with Crippen LogP contribution in [0.15, 0.2) is 23.3 Å². The van der Waals surface area contributed by atoms with Crippen molar-refractivity contribution in [2.75, 3.05) is 6.61 Å². The lowest BCUT2D eigenvalue weighted by Crippen LogP contribution is -2.25. The van der Waals surface area contributed by atoms with E-state index < -0.39 is 0 Å². The first kappa shape index (κ1) is 15.8. The second kappa shape index (κ2) is 8.02. The molecule has 1 rings (SSSR count). The van der Waals surface area contributed by atoms with Crippen LogP contribution in [-0.4, -0.2) is 18.2 Å². The highest BCUT2D eigenvalue weighted by Gasteiger charge is 2.06. The Hall–Kier alpha value is -1.26. The summed E-state index contributed by atoms with van der Waals surface area (Å²) in [6, 6.07) is 4.81. The zero-order valence-corrected chi connectivity index (χ0v) is 12.4. The molecule has 1 aromatic rings. The van der Waals surface area contributed by atoms with E-state index in [1.807, 2.05) is 13.8 Å². The third-order valence-electron chi connectivity index (χ3n) is 2.24. The lowest BCUT2D eigenvalue weighted by molar-refractivity contribution is -0.123. The number of carbonyl (C=O) groups is 1. The summed E-state index contributed by atoms with van der Waals surface area (Å²) in [4.78, 5) is 11.5. The molecule has 0 aliphatic carbocycles. The monoisotopic (exact) mass is 302 g/mol. The maximum atomic E-state index is 11.5. The molecule has 0 saturated heterocycles. The molecule has 1 N–H and O–H groups in total. The summed E-state index contributed by atoms with van der Waals surface area (Å²) in [5, 5.41) is 4.83. The SMILES string of the molecule is CCC/C(C)=N/NC(=O)COc1ccc(Cl)cc1Cl. The van der Waals surface area contributed by atoms with E-state index in [-0.39, 0.29) is 12.5 Å². The largest absolute Gasteiger partial charge is 0.482 e. The van der Waals surface area contributed by atoms with Gasteiger partial charge in [-0.2, -0.15) is 5.10 Å². The Bertz CT molecular complexity index is 476. The number of halogens is 2. The van der Waals surface area contributed by atoms with Crippen molar-refractivity contribution in [3.63, 3.8) is 0 Å². The van der Waals surface area contributed by atoms with Gasteiger partial charge in [-0.05, 0) is 31.5 Å². The van der Waals surface area contributed by atoms with E-state index in [0.717, 1.165) is 18.6 Å². The van der Waals surface area contributed by atoms with Crippen molar-refractivity contribution in [3.05, 3.63) is 28.2 Å². The van der Waals surface area contributed by atoms with Crippen LogP contribution in [-0.2, 0) is 4.79 Å². The molecule has 19 heavy (non-hydrogen) atoms. The number of nitrogens with zero attached hydrogens (tertiary/aromatic N) is 1. The molecule has 0 unspecified atom stereocenters. The second-order valence-electron chi connectivity index (χ2n) is 4.00. The average Bonchev–Trinajstić information content (AvgIpc) is 2.35. The molecule has 0 atom stereocenters. The van der Waals surface area contributed by atoms with Crippen LogP contribution < -0.4 is 10.2 Å². The standard InChI is InChI=1S/C13H16Cl2N2O2/c1-3-4-9(2)16-17-13(18)8-19-12-6-5-10(14)7-11(12)15/h5-7H,3-4,8H2,1-2H3,(H,17,18)/b16-9+. The minimum absolute atomic E-state index is 0.149. The predicted molar refractivity (Wildman–Crippen MR) is 78.1 cm³/mol. The van der Waals surface area contributed by atoms with Gasteiger partial charge in [0.15, 0.2) is 6.61 Å². The third-order valence-corrected chi connectivity index (χ3v) is 2.77. The smallest absolute Gasteiger partial charge is 0.277 e. The summed E-state index contributed by atoms with van der Waals surface area (Å²) in [5.74, 6) is 0.0805. The number of hydrogen-bond acceptors (Lipinski definition) is 3. The fourth-order valence-electron chi connectivity index (χ4n) is 1.34. The lowest BCUT2D eigenvalue weighted by atomic mass is 10.2. The van der Waals surface area contributed by atoms with E-state index in [1.165, 1.54) is 0 Å². The fraction of sp³-hybridized carbons (Fsp3) is 0.385. The molecule has 0 aliphatic heterocycles. The molecule has 0 heterocycles. The van der Waals surface area contributed by atoms with Crippen LogP contribution >= 0.6 is 23.2 Å². The highest BCUT2D eigenvalue weighted by molar-refractivity contribution is 6.35. The maximum absolute atomic E-state index is 11.5. The van der Waals surface area contributed by atoms with Gasteiger partial charge in [0.1, 0.15) is 5.75 Å². The van der Waals surface area contributed by atoms with E-state index in [2.05, 4.69) is 10.5 Å². The van der Waals surface area contributed by atoms with Gasteiger partial charge in [-0.1, -0.05) is 36.5 Å². The number of benzene rings is 1. The van der Waals surface area contributed by atoms with Crippen LogP contribution in [0.1, 0.15) is 26.7 Å². The van der Waals surface area contributed by atoms with Gasteiger partial charge >= 0.3 is 0 Å². The summed E-state index contributed by atoms with van der Waals surface area (Å²) in [7, 11) is 0. The van der Waals surface area contributed by atoms with E-state index in [0.29, 0.717) is 15.8 Å². The van der Waals surface area contributed by atoms with Crippen LogP contribution in [0.25, 0.3) is 0 Å². The Kier molecular flexibility index (Phi) is 6.67. The van der Waals surface area contributed by atoms with Gasteiger partial charge in [-0.15, -0.1) is 0 Å². The zero-order valence-electron chi connectivity index (χ0n) is 10.9. The van der Waals surface area contributed by atoms with E-state index >= 15 is 0 Å². The molecule has 0 radical (unpaired) electrons. The summed E-state index contributed by atoms with van der Waals surface area (Å²) in [6.45, 7) is 3.76. The molecular weight excluding hydrogens is 287 g/mol. The van der Waals surface area contributed by atoms with Gasteiger partial charge in [-0.3, -0.25) is 4.79 Å². The molecule has 6 heteroatoms. The second-order valence-corrected chi connectivity index (χ2v) is 4.84. The van der Waals surface area contributed by atoms with Gasteiger partial charge in [0.25, 0.3) is 5.91 Å². The summed E-state index contributed by atoms with van der Waals surface area (Å²) < 4.78 is 5.27. The minimum Gasteiger partial charge on any atom is -0.482 e. The van der Waals surface area contributed by atoms with Gasteiger partial charge in [0.2, 0.25) is 0 Å². The van der Waals surface area contributed by atoms with Crippen molar-refractivity contribution in [2.24, 2.45) is 5.10 Å². The number of ether oxygens (including phenoxy) is 1. The van der Waals surface area contributed by atoms with Crippen LogP contribution in [0.4, 0.5) is 0 Å². The van der Waals surface area contributed by atoms with Gasteiger partial charge < -0.3 is 4.74 Å². The molecule has 0 spiro atoms. The molecule has 0 aromatic heterocycles. The van der Waals surface area contributed by atoms with Crippen LogP contribution in [0, 0.1) is 0 Å². The Morgan fingerprint density at radius 1 is 1.42 bits per heavy atom. The van der Waals surface area contributed by atoms with E-state index in [4.69, 9.17) is 27.9 Å². The first-order valence-electron chi connectivity index (χ1n) is 5.92. The maximum Gasteiger partial charge on any atom is 0.277 e. The molecular formula is C13H16Cl2N2O2. The Balaban J connectivity index is 2.44. The van der Waals surface area contributed by atoms with Crippen LogP contribution in [0.5, 0.6) is 5.75 Å². The van der Waals surface area contributed by atoms with Gasteiger partial charge in [-0.25, -0.2) is 5.43 Å². The van der Waals surface area contributed by atoms with Crippen molar-refractivity contribution >= 4 is 34.8 Å². The number of rotatable bonds is 6. The van der Waals surface area contributed by atoms with E-state index in [1.54, 1.807) is 18.2 Å². The average molecular weight is 303 g/mol. The number of hydrazone groups is 1. The number of hydrogen-bond donors (Lipinski definition) is 1. The molecule has 104 valence electrons. The Labute approximate surface area is 122 Å². The van der Waals surface area contributed by atoms with Crippen LogP contribution in [0.2, 0.25) is 10.0 Å². The highest BCUT2D eigenvalue weighted by atomic mass is 35.5. The van der Waals surface area contributed by atoms with Crippen molar-refractivity contribution in [3.8, 4) is 5.75 Å². The molecule has 0 fully saturated rings. The lowest BCUT2D eigenvalue weighted by Gasteiger charge is -2.07. The topological polar surface area (TPSA) is 50.7 Å². The Morgan fingerprint density at radius 3 is 2.79 bits per heavy atom. The zero-order chi connectivity index (χ0) is 14.3. The van der Waals surface area contributed by atoms with E-state index in [9.17, 15) is 4.79 Å². The normalized spacial score (nSPS) is 11.3. The summed E-state index contributed by atoms with van der Waals surface area (Å²) in [5.41, 5.74) is 3.30. The van der Waals surface area contributed by atoms with Crippen molar-refractivity contribution in [1.82, 2.24) is 5.43 Å².